The van der Waals surface area contributed by atoms with E-state index in [0.29, 0.717) is 0 Å². The van der Waals surface area contributed by atoms with Crippen molar-refractivity contribution in [2.24, 2.45) is 4.99 Å². The van der Waals surface area contributed by atoms with Crippen LogP contribution >= 0.6 is 11.8 Å². The topological polar surface area (TPSA) is 48.9 Å². The van der Waals surface area contributed by atoms with Crippen molar-refractivity contribution in [3.63, 3.8) is 0 Å². The van der Waals surface area contributed by atoms with Gasteiger partial charge < -0.3 is 15.4 Å². The second-order valence-corrected chi connectivity index (χ2v) is 7.74. The molecule has 0 saturated carbocycles. The molecule has 1 aromatic rings. The molecule has 1 heterocycles. The minimum absolute atomic E-state index is 0.0459. The molecular weight excluding hydrogens is 339 g/mol. The van der Waals surface area contributed by atoms with Crippen LogP contribution in [0.4, 0.5) is 4.39 Å². The van der Waals surface area contributed by atoms with E-state index >= 15 is 0 Å². The van der Waals surface area contributed by atoms with Crippen LogP contribution in [0.3, 0.4) is 0 Å². The monoisotopic (exact) mass is 368 g/mol. The quantitative estimate of drug-likeness (QED) is 0.334. The summed E-state index contributed by atoms with van der Waals surface area (Å²) in [6.45, 7) is 9.63. The van der Waals surface area contributed by atoms with E-state index in [4.69, 9.17) is 4.74 Å². The maximum absolute atomic E-state index is 12.9. The van der Waals surface area contributed by atoms with Crippen LogP contribution in [0, 0.1) is 5.82 Å². The second-order valence-electron chi connectivity index (χ2n) is 6.57. The molecule has 1 aromatic carbocycles. The fraction of sp³-hybridized carbons (Fsp3) is 0.611. The Labute approximate surface area is 154 Å². The summed E-state index contributed by atoms with van der Waals surface area (Å²) in [5.41, 5.74) is 0.0459. The van der Waals surface area contributed by atoms with Crippen LogP contribution < -0.4 is 10.6 Å². The molecule has 1 aliphatic heterocycles. The minimum atomic E-state index is -0.199. The van der Waals surface area contributed by atoms with Crippen LogP contribution in [0.5, 0.6) is 0 Å². The molecule has 2 N–H and O–H groups in total. The number of ether oxygens (including phenoxy) is 1. The molecule has 2 rings (SSSR count). The summed E-state index contributed by atoms with van der Waals surface area (Å²) in [5.74, 6) is 1.50. The zero-order valence-electron chi connectivity index (χ0n) is 15.3. The lowest BCUT2D eigenvalue weighted by Crippen LogP contribution is -2.56. The molecular formula is C18H29FN4OS. The Kier molecular flexibility index (Phi) is 7.99. The predicted octanol–water partition coefficient (Wildman–Crippen LogP) is 2.19. The zero-order chi connectivity index (χ0) is 18.1. The third-order valence-corrected chi connectivity index (χ3v) is 5.27. The highest BCUT2D eigenvalue weighted by atomic mass is 32.2. The predicted molar refractivity (Wildman–Crippen MR) is 103 cm³/mol. The van der Waals surface area contributed by atoms with Crippen molar-refractivity contribution in [2.45, 2.75) is 24.3 Å². The molecule has 0 spiro atoms. The molecule has 5 nitrogen and oxygen atoms in total. The number of hydrogen-bond acceptors (Lipinski definition) is 4. The van der Waals surface area contributed by atoms with Gasteiger partial charge in [0, 0.05) is 49.4 Å². The fourth-order valence-electron chi connectivity index (χ4n) is 2.67. The number of halogens is 1. The molecule has 25 heavy (non-hydrogen) atoms. The van der Waals surface area contributed by atoms with Gasteiger partial charge in [0.25, 0.3) is 0 Å². The molecule has 0 radical (unpaired) electrons. The van der Waals surface area contributed by atoms with Crippen LogP contribution in [-0.2, 0) is 4.74 Å². The van der Waals surface area contributed by atoms with Gasteiger partial charge in [-0.25, -0.2) is 4.39 Å². The van der Waals surface area contributed by atoms with Crippen molar-refractivity contribution in [1.82, 2.24) is 15.5 Å². The van der Waals surface area contributed by atoms with Crippen LogP contribution in [0.2, 0.25) is 0 Å². The Hall–Kier alpha value is -1.31. The van der Waals surface area contributed by atoms with Crippen molar-refractivity contribution in [3.05, 3.63) is 30.1 Å². The molecule has 0 aliphatic carbocycles. The van der Waals surface area contributed by atoms with E-state index in [0.717, 1.165) is 56.0 Å². The van der Waals surface area contributed by atoms with Gasteiger partial charge in [-0.2, -0.15) is 0 Å². The number of hydrogen-bond donors (Lipinski definition) is 2. The normalized spacial score (nSPS) is 16.7. The molecule has 0 amide bonds. The maximum Gasteiger partial charge on any atom is 0.191 e. The number of nitrogens with one attached hydrogen (secondary N) is 2. The van der Waals surface area contributed by atoms with Gasteiger partial charge in [-0.3, -0.25) is 9.89 Å². The van der Waals surface area contributed by atoms with Gasteiger partial charge in [-0.1, -0.05) is 0 Å². The number of benzene rings is 1. The van der Waals surface area contributed by atoms with E-state index in [2.05, 4.69) is 34.4 Å². The Bertz CT molecular complexity index is 545. The average molecular weight is 369 g/mol. The molecule has 0 aromatic heterocycles. The van der Waals surface area contributed by atoms with Crippen LogP contribution in [0.1, 0.15) is 13.8 Å². The number of morpholine rings is 1. The van der Waals surface area contributed by atoms with Crippen molar-refractivity contribution < 1.29 is 9.13 Å². The molecule has 1 aliphatic rings. The van der Waals surface area contributed by atoms with Crippen molar-refractivity contribution in [3.8, 4) is 0 Å². The lowest BCUT2D eigenvalue weighted by molar-refractivity contribution is -0.00833. The van der Waals surface area contributed by atoms with Gasteiger partial charge in [-0.05, 0) is 38.1 Å². The highest BCUT2D eigenvalue weighted by Gasteiger charge is 2.28. The van der Waals surface area contributed by atoms with Gasteiger partial charge in [-0.15, -0.1) is 11.8 Å². The summed E-state index contributed by atoms with van der Waals surface area (Å²) in [5, 5.41) is 6.74. The highest BCUT2D eigenvalue weighted by molar-refractivity contribution is 7.99. The summed E-state index contributed by atoms with van der Waals surface area (Å²) >= 11 is 1.69. The highest BCUT2D eigenvalue weighted by Crippen LogP contribution is 2.17. The summed E-state index contributed by atoms with van der Waals surface area (Å²) in [6, 6.07) is 6.59. The minimum Gasteiger partial charge on any atom is -0.379 e. The fourth-order valence-corrected chi connectivity index (χ4v) is 3.44. The van der Waals surface area contributed by atoms with Gasteiger partial charge in [0.15, 0.2) is 5.96 Å². The number of nitrogens with zero attached hydrogens (tertiary/aromatic N) is 2. The standard InChI is InChI=1S/C18H29FN4OS/c1-18(2,23-9-11-24-12-10-23)14-22-17(20-3)21-8-13-25-16-6-4-15(19)5-7-16/h4-7H,8-14H2,1-3H3,(H2,20,21,22). The Morgan fingerprint density at radius 2 is 1.92 bits per heavy atom. The first-order valence-electron chi connectivity index (χ1n) is 8.67. The number of thioether (sulfide) groups is 1. The average Bonchev–Trinajstić information content (AvgIpc) is 2.63. The molecule has 1 fully saturated rings. The molecule has 0 bridgehead atoms. The van der Waals surface area contributed by atoms with Crippen molar-refractivity contribution in [2.75, 3.05) is 52.2 Å². The van der Waals surface area contributed by atoms with Crippen LogP contribution in [0.15, 0.2) is 34.2 Å². The lowest BCUT2D eigenvalue weighted by atomic mass is 10.0. The first kappa shape index (κ1) is 20.0. The first-order chi connectivity index (χ1) is 12.0. The first-order valence-corrected chi connectivity index (χ1v) is 9.65. The molecule has 0 unspecified atom stereocenters. The van der Waals surface area contributed by atoms with Gasteiger partial charge in [0.1, 0.15) is 5.82 Å². The molecule has 7 heteroatoms. The van der Waals surface area contributed by atoms with Gasteiger partial charge in [0.05, 0.1) is 13.2 Å². The summed E-state index contributed by atoms with van der Waals surface area (Å²) in [4.78, 5) is 7.80. The SMILES string of the molecule is CN=C(NCCSc1ccc(F)cc1)NCC(C)(C)N1CCOCC1. The Balaban J connectivity index is 1.68. The van der Waals surface area contributed by atoms with E-state index in [9.17, 15) is 4.39 Å². The van der Waals surface area contributed by atoms with Crippen molar-refractivity contribution in [1.29, 1.82) is 0 Å². The Morgan fingerprint density at radius 1 is 1.24 bits per heavy atom. The number of rotatable bonds is 7. The van der Waals surface area contributed by atoms with E-state index in [1.54, 1.807) is 30.9 Å². The molecule has 0 atom stereocenters. The maximum atomic E-state index is 12.9. The Morgan fingerprint density at radius 3 is 2.56 bits per heavy atom. The molecule has 1 saturated heterocycles. The van der Waals surface area contributed by atoms with Crippen LogP contribution in [0.25, 0.3) is 0 Å². The van der Waals surface area contributed by atoms with E-state index in [1.165, 1.54) is 12.1 Å². The number of aliphatic imine (C=N–C) groups is 1. The zero-order valence-corrected chi connectivity index (χ0v) is 16.2. The second kappa shape index (κ2) is 9.99. The van der Waals surface area contributed by atoms with E-state index < -0.39 is 0 Å². The lowest BCUT2D eigenvalue weighted by Gasteiger charge is -2.41. The van der Waals surface area contributed by atoms with E-state index in [1.807, 2.05) is 0 Å². The van der Waals surface area contributed by atoms with Gasteiger partial charge in [0.2, 0.25) is 0 Å². The van der Waals surface area contributed by atoms with Crippen LogP contribution in [-0.4, -0.2) is 68.6 Å². The summed E-state index contributed by atoms with van der Waals surface area (Å²) in [6.07, 6.45) is 0. The third-order valence-electron chi connectivity index (χ3n) is 4.26. The van der Waals surface area contributed by atoms with E-state index in [-0.39, 0.29) is 11.4 Å². The largest absolute Gasteiger partial charge is 0.379 e. The summed E-state index contributed by atoms with van der Waals surface area (Å²) in [7, 11) is 1.78. The number of guanidine groups is 1. The van der Waals surface area contributed by atoms with Crippen molar-refractivity contribution >= 4 is 17.7 Å². The smallest absolute Gasteiger partial charge is 0.191 e. The summed E-state index contributed by atoms with van der Waals surface area (Å²) < 4.78 is 18.3. The third kappa shape index (κ3) is 6.84. The van der Waals surface area contributed by atoms with Gasteiger partial charge >= 0.3 is 0 Å². The molecule has 140 valence electrons.